The van der Waals surface area contributed by atoms with E-state index < -0.39 is 0 Å². The summed E-state index contributed by atoms with van der Waals surface area (Å²) in [5, 5.41) is 3.36. The maximum Gasteiger partial charge on any atom is 0.143 e. The summed E-state index contributed by atoms with van der Waals surface area (Å²) in [6.45, 7) is 0. The lowest BCUT2D eigenvalue weighted by Gasteiger charge is -2.14. The fourth-order valence-electron chi connectivity index (χ4n) is 1.10. The van der Waals surface area contributed by atoms with Crippen LogP contribution in [0.1, 0.15) is 12.8 Å². The molecule has 1 aliphatic carbocycles. The van der Waals surface area contributed by atoms with Crippen LogP contribution in [0.2, 0.25) is 0 Å². The highest BCUT2D eigenvalue weighted by molar-refractivity contribution is 14.1. The molecule has 1 aromatic rings. The molecule has 0 saturated heterocycles. The molecule has 0 aliphatic heterocycles. The van der Waals surface area contributed by atoms with Gasteiger partial charge < -0.3 is 5.32 Å². The Balaban J connectivity index is 2.14. The average Bonchev–Trinajstić information content (AvgIpc) is 2.90. The highest BCUT2D eigenvalue weighted by atomic mass is 127. The summed E-state index contributed by atoms with van der Waals surface area (Å²) in [5.41, 5.74) is 0.107. The maximum absolute atomic E-state index is 5.85. The van der Waals surface area contributed by atoms with Crippen molar-refractivity contribution < 1.29 is 0 Å². The average molecular weight is 310 g/mol. The summed E-state index contributed by atoms with van der Waals surface area (Å²) in [4.78, 5) is 8.09. The predicted octanol–water partition coefficient (Wildman–Crippen LogP) is 2.26. The Kier molecular flexibility index (Phi) is 2.60. The monoisotopic (exact) mass is 309 g/mol. The molecule has 70 valence electrons. The lowest BCUT2D eigenvalue weighted by molar-refractivity contribution is 0.825. The van der Waals surface area contributed by atoms with Crippen LogP contribution in [0.5, 0.6) is 0 Å². The quantitative estimate of drug-likeness (QED) is 0.687. The van der Waals surface area contributed by atoms with Gasteiger partial charge in [-0.25, -0.2) is 9.97 Å². The van der Waals surface area contributed by atoms with Crippen molar-refractivity contribution in [3.05, 3.63) is 16.1 Å². The molecule has 0 aromatic carbocycles. The van der Waals surface area contributed by atoms with Gasteiger partial charge in [0.1, 0.15) is 12.1 Å². The summed E-state index contributed by atoms with van der Waals surface area (Å²) in [7, 11) is 0. The first-order valence-corrected chi connectivity index (χ1v) is 5.67. The fraction of sp³-hybridized carbons (Fsp3) is 0.500. The minimum Gasteiger partial charge on any atom is -0.362 e. The molecule has 1 saturated carbocycles. The van der Waals surface area contributed by atoms with Crippen LogP contribution < -0.4 is 5.32 Å². The zero-order chi connectivity index (χ0) is 9.31. The first-order valence-electron chi connectivity index (χ1n) is 4.05. The Morgan fingerprint density at radius 2 is 2.38 bits per heavy atom. The van der Waals surface area contributed by atoms with Crippen LogP contribution in [0.25, 0.3) is 0 Å². The summed E-state index contributed by atoms with van der Waals surface area (Å²) in [6, 6.07) is 0. The maximum atomic E-state index is 5.85. The molecule has 1 N–H and O–H groups in total. The minimum absolute atomic E-state index is 0.107. The summed E-state index contributed by atoms with van der Waals surface area (Å²) in [5.74, 6) is 1.54. The van der Waals surface area contributed by atoms with E-state index in [2.05, 4.69) is 37.9 Å². The van der Waals surface area contributed by atoms with Crippen LogP contribution in [0.4, 0.5) is 5.82 Å². The topological polar surface area (TPSA) is 37.8 Å². The molecule has 0 radical (unpaired) electrons. The summed E-state index contributed by atoms with van der Waals surface area (Å²) >= 11 is 8.06. The van der Waals surface area contributed by atoms with Crippen molar-refractivity contribution >= 4 is 40.0 Å². The molecule has 0 atom stereocenters. The van der Waals surface area contributed by atoms with Crippen molar-refractivity contribution in [2.75, 3.05) is 11.2 Å². The lowest BCUT2D eigenvalue weighted by Crippen LogP contribution is -2.24. The number of hydrogen-bond acceptors (Lipinski definition) is 3. The molecule has 0 amide bonds. The van der Waals surface area contributed by atoms with E-state index in [0.29, 0.717) is 5.88 Å². The number of hydrogen-bond donors (Lipinski definition) is 1. The Labute approximate surface area is 95.4 Å². The van der Waals surface area contributed by atoms with Gasteiger partial charge in [-0.3, -0.25) is 0 Å². The van der Waals surface area contributed by atoms with Crippen molar-refractivity contribution in [3.63, 3.8) is 0 Å². The molecule has 0 unspecified atom stereocenters. The molecule has 1 aliphatic rings. The van der Waals surface area contributed by atoms with E-state index in [0.717, 1.165) is 22.2 Å². The van der Waals surface area contributed by atoms with E-state index in [1.807, 2.05) is 0 Å². The minimum atomic E-state index is 0.107. The number of halogens is 2. The van der Waals surface area contributed by atoms with E-state index in [4.69, 9.17) is 11.6 Å². The molecule has 13 heavy (non-hydrogen) atoms. The number of rotatable bonds is 3. The number of anilines is 1. The third-order valence-electron chi connectivity index (χ3n) is 2.16. The molecule has 2 rings (SSSR count). The van der Waals surface area contributed by atoms with Crippen molar-refractivity contribution in [3.8, 4) is 0 Å². The molecule has 5 heteroatoms. The third-order valence-corrected chi connectivity index (χ3v) is 3.46. The lowest BCUT2D eigenvalue weighted by atomic mass is 10.3. The highest BCUT2D eigenvalue weighted by Crippen LogP contribution is 2.39. The third kappa shape index (κ3) is 2.04. The zero-order valence-corrected chi connectivity index (χ0v) is 9.84. The summed E-state index contributed by atoms with van der Waals surface area (Å²) in [6.07, 6.45) is 5.61. The first-order chi connectivity index (χ1) is 6.26. The van der Waals surface area contributed by atoms with Crippen LogP contribution in [0, 0.1) is 3.57 Å². The molecule has 1 heterocycles. The summed E-state index contributed by atoms with van der Waals surface area (Å²) < 4.78 is 1.04. The SMILES string of the molecule is ClCC1(Nc2ncncc2I)CC1. The van der Waals surface area contributed by atoms with Crippen LogP contribution in [0.3, 0.4) is 0 Å². The Bertz CT molecular complexity index is 314. The molecule has 0 spiro atoms. The van der Waals surface area contributed by atoms with E-state index in [9.17, 15) is 0 Å². The Hall–Kier alpha value is -0.100. The molecular formula is C8H9ClIN3. The van der Waals surface area contributed by atoms with E-state index in [1.165, 1.54) is 0 Å². The van der Waals surface area contributed by atoms with E-state index in [-0.39, 0.29) is 5.54 Å². The standard InChI is InChI=1S/C8H9ClIN3/c9-4-8(1-2-8)13-7-6(10)3-11-5-12-7/h3,5H,1-2,4H2,(H,11,12,13). The van der Waals surface area contributed by atoms with Crippen LogP contribution in [-0.2, 0) is 0 Å². The van der Waals surface area contributed by atoms with Gasteiger partial charge in [0.2, 0.25) is 0 Å². The number of nitrogens with zero attached hydrogens (tertiary/aromatic N) is 2. The normalized spacial score (nSPS) is 18.3. The van der Waals surface area contributed by atoms with Gasteiger partial charge in [-0.1, -0.05) is 0 Å². The van der Waals surface area contributed by atoms with Gasteiger partial charge in [0, 0.05) is 12.1 Å². The van der Waals surface area contributed by atoms with Gasteiger partial charge in [-0.05, 0) is 35.4 Å². The Morgan fingerprint density at radius 3 is 2.92 bits per heavy atom. The van der Waals surface area contributed by atoms with Crippen LogP contribution in [0.15, 0.2) is 12.5 Å². The molecular weight excluding hydrogens is 300 g/mol. The predicted molar refractivity (Wildman–Crippen MR) is 61.1 cm³/mol. The van der Waals surface area contributed by atoms with Gasteiger partial charge in [0.25, 0.3) is 0 Å². The highest BCUT2D eigenvalue weighted by Gasteiger charge is 2.42. The van der Waals surface area contributed by atoms with Gasteiger partial charge in [0.15, 0.2) is 0 Å². The zero-order valence-electron chi connectivity index (χ0n) is 6.93. The van der Waals surface area contributed by atoms with Gasteiger partial charge in [-0.15, -0.1) is 11.6 Å². The van der Waals surface area contributed by atoms with E-state index in [1.54, 1.807) is 12.5 Å². The second-order valence-corrected chi connectivity index (χ2v) is 4.69. The van der Waals surface area contributed by atoms with Crippen LogP contribution in [-0.4, -0.2) is 21.4 Å². The second kappa shape index (κ2) is 3.57. The van der Waals surface area contributed by atoms with Crippen molar-refractivity contribution in [1.82, 2.24) is 9.97 Å². The largest absolute Gasteiger partial charge is 0.362 e. The van der Waals surface area contributed by atoms with Crippen molar-refractivity contribution in [2.45, 2.75) is 18.4 Å². The van der Waals surface area contributed by atoms with Crippen LogP contribution >= 0.6 is 34.2 Å². The van der Waals surface area contributed by atoms with Gasteiger partial charge in [-0.2, -0.15) is 0 Å². The fourth-order valence-corrected chi connectivity index (χ4v) is 1.87. The first kappa shape index (κ1) is 9.45. The smallest absolute Gasteiger partial charge is 0.143 e. The number of aromatic nitrogens is 2. The molecule has 1 fully saturated rings. The van der Waals surface area contributed by atoms with Crippen molar-refractivity contribution in [2.24, 2.45) is 0 Å². The molecule has 0 bridgehead atoms. The number of nitrogens with one attached hydrogen (secondary N) is 1. The van der Waals surface area contributed by atoms with Crippen molar-refractivity contribution in [1.29, 1.82) is 0 Å². The second-order valence-electron chi connectivity index (χ2n) is 3.26. The van der Waals surface area contributed by atoms with Gasteiger partial charge >= 0.3 is 0 Å². The number of alkyl halides is 1. The molecule has 1 aromatic heterocycles. The van der Waals surface area contributed by atoms with Gasteiger partial charge in [0.05, 0.1) is 9.11 Å². The Morgan fingerprint density at radius 1 is 1.62 bits per heavy atom. The molecule has 3 nitrogen and oxygen atoms in total. The van der Waals surface area contributed by atoms with E-state index >= 15 is 0 Å².